The van der Waals surface area contributed by atoms with Gasteiger partial charge in [-0.15, -0.1) is 0 Å². The van der Waals surface area contributed by atoms with Crippen LogP contribution in [0.15, 0.2) is 53.0 Å². The second-order valence-electron chi connectivity index (χ2n) is 3.96. The Kier molecular flexibility index (Phi) is 3.99. The molecular weight excluding hydrogens is 292 g/mol. The van der Waals surface area contributed by atoms with Crippen LogP contribution in [0.5, 0.6) is 0 Å². The highest BCUT2D eigenvalue weighted by molar-refractivity contribution is 9.10. The number of benzene rings is 2. The van der Waals surface area contributed by atoms with E-state index in [1.54, 1.807) is 0 Å². The van der Waals surface area contributed by atoms with Crippen LogP contribution in [0.4, 0.5) is 16.2 Å². The summed E-state index contributed by atoms with van der Waals surface area (Å²) < 4.78 is 0.927. The zero-order valence-corrected chi connectivity index (χ0v) is 11.5. The highest BCUT2D eigenvalue weighted by Crippen LogP contribution is 2.16. The lowest BCUT2D eigenvalue weighted by molar-refractivity contribution is 0.262. The second kappa shape index (κ2) is 5.69. The van der Waals surface area contributed by atoms with E-state index in [0.29, 0.717) is 0 Å². The molecule has 0 heterocycles. The van der Waals surface area contributed by atoms with Gasteiger partial charge in [0.15, 0.2) is 0 Å². The average molecular weight is 305 g/mol. The van der Waals surface area contributed by atoms with Crippen molar-refractivity contribution in [2.75, 3.05) is 10.6 Å². The predicted octanol–water partition coefficient (Wildman–Crippen LogP) is 4.40. The summed E-state index contributed by atoms with van der Waals surface area (Å²) >= 11 is 3.36. The molecule has 0 aliphatic carbocycles. The summed E-state index contributed by atoms with van der Waals surface area (Å²) in [6.07, 6.45) is 0. The SMILES string of the molecule is Cc1ccc(NC(=O)Nc2cccc(Br)c2)cc1. The molecule has 0 saturated heterocycles. The van der Waals surface area contributed by atoms with Gasteiger partial charge in [0.25, 0.3) is 0 Å². The number of urea groups is 1. The van der Waals surface area contributed by atoms with E-state index in [9.17, 15) is 4.79 Å². The van der Waals surface area contributed by atoms with E-state index in [1.165, 1.54) is 0 Å². The number of amides is 2. The van der Waals surface area contributed by atoms with Gasteiger partial charge in [0.2, 0.25) is 0 Å². The third-order valence-electron chi connectivity index (χ3n) is 2.39. The molecule has 4 heteroatoms. The number of hydrogen-bond donors (Lipinski definition) is 2. The smallest absolute Gasteiger partial charge is 0.308 e. The Bertz CT molecular complexity index is 552. The highest BCUT2D eigenvalue weighted by atomic mass is 79.9. The Morgan fingerprint density at radius 3 is 2.33 bits per heavy atom. The molecule has 0 spiro atoms. The normalized spacial score (nSPS) is 9.89. The van der Waals surface area contributed by atoms with Crippen LogP contribution in [0, 0.1) is 6.92 Å². The minimum Gasteiger partial charge on any atom is -0.308 e. The first-order valence-corrected chi connectivity index (χ1v) is 6.33. The van der Waals surface area contributed by atoms with Gasteiger partial charge >= 0.3 is 6.03 Å². The molecule has 0 atom stereocenters. The van der Waals surface area contributed by atoms with Crippen molar-refractivity contribution in [2.24, 2.45) is 0 Å². The Labute approximate surface area is 114 Å². The fourth-order valence-corrected chi connectivity index (χ4v) is 1.90. The minimum absolute atomic E-state index is 0.253. The van der Waals surface area contributed by atoms with Gasteiger partial charge in [-0.3, -0.25) is 0 Å². The van der Waals surface area contributed by atoms with E-state index in [4.69, 9.17) is 0 Å². The molecule has 18 heavy (non-hydrogen) atoms. The fraction of sp³-hybridized carbons (Fsp3) is 0.0714. The van der Waals surface area contributed by atoms with Gasteiger partial charge in [-0.05, 0) is 37.3 Å². The lowest BCUT2D eigenvalue weighted by Gasteiger charge is -2.08. The summed E-state index contributed by atoms with van der Waals surface area (Å²) in [4.78, 5) is 11.7. The number of nitrogens with one attached hydrogen (secondary N) is 2. The predicted molar refractivity (Wildman–Crippen MR) is 78.0 cm³/mol. The number of rotatable bonds is 2. The zero-order chi connectivity index (χ0) is 13.0. The van der Waals surface area contributed by atoms with Crippen molar-refractivity contribution in [3.8, 4) is 0 Å². The van der Waals surface area contributed by atoms with Crippen LogP contribution in [0.1, 0.15) is 5.56 Å². The molecule has 0 bridgehead atoms. The van der Waals surface area contributed by atoms with Gasteiger partial charge in [-0.25, -0.2) is 4.79 Å². The van der Waals surface area contributed by atoms with Gasteiger partial charge in [0.1, 0.15) is 0 Å². The fourth-order valence-electron chi connectivity index (χ4n) is 1.50. The molecule has 0 fully saturated rings. The first-order valence-electron chi connectivity index (χ1n) is 5.54. The van der Waals surface area contributed by atoms with Gasteiger partial charge in [0, 0.05) is 15.8 Å². The van der Waals surface area contributed by atoms with Gasteiger partial charge in [-0.1, -0.05) is 39.7 Å². The molecule has 2 aromatic rings. The molecular formula is C14H13BrN2O. The maximum atomic E-state index is 11.7. The third kappa shape index (κ3) is 3.60. The lowest BCUT2D eigenvalue weighted by Crippen LogP contribution is -2.19. The number of carbonyl (C=O) groups excluding carboxylic acids is 1. The Morgan fingerprint density at radius 1 is 1.00 bits per heavy atom. The van der Waals surface area contributed by atoms with Crippen molar-refractivity contribution < 1.29 is 4.79 Å². The molecule has 3 nitrogen and oxygen atoms in total. The Hall–Kier alpha value is -1.81. The van der Waals surface area contributed by atoms with Crippen molar-refractivity contribution in [3.05, 3.63) is 58.6 Å². The minimum atomic E-state index is -0.253. The summed E-state index contributed by atoms with van der Waals surface area (Å²) in [6.45, 7) is 2.01. The molecule has 92 valence electrons. The van der Waals surface area contributed by atoms with Gasteiger partial charge < -0.3 is 10.6 Å². The lowest BCUT2D eigenvalue weighted by atomic mass is 10.2. The van der Waals surface area contributed by atoms with Crippen LogP contribution >= 0.6 is 15.9 Å². The van der Waals surface area contributed by atoms with Crippen LogP contribution in [0.25, 0.3) is 0 Å². The van der Waals surface area contributed by atoms with E-state index in [-0.39, 0.29) is 6.03 Å². The molecule has 0 aromatic heterocycles. The molecule has 2 N–H and O–H groups in total. The quantitative estimate of drug-likeness (QED) is 0.848. The number of aryl methyl sites for hydroxylation is 1. The standard InChI is InChI=1S/C14H13BrN2O/c1-10-5-7-12(8-6-10)16-14(18)17-13-4-2-3-11(15)9-13/h2-9H,1H3,(H2,16,17,18). The summed E-state index contributed by atoms with van der Waals surface area (Å²) in [6, 6.07) is 14.8. The largest absolute Gasteiger partial charge is 0.323 e. The van der Waals surface area contributed by atoms with E-state index in [1.807, 2.05) is 55.5 Å². The molecule has 0 saturated carbocycles. The second-order valence-corrected chi connectivity index (χ2v) is 4.87. The topological polar surface area (TPSA) is 41.1 Å². The zero-order valence-electron chi connectivity index (χ0n) is 9.91. The average Bonchev–Trinajstić information content (AvgIpc) is 2.32. The number of anilines is 2. The third-order valence-corrected chi connectivity index (χ3v) is 2.89. The van der Waals surface area contributed by atoms with Crippen LogP contribution in [0.3, 0.4) is 0 Å². The first-order chi connectivity index (χ1) is 8.63. The Balaban J connectivity index is 1.98. The molecule has 2 aromatic carbocycles. The Morgan fingerprint density at radius 2 is 1.67 bits per heavy atom. The van der Waals surface area contributed by atoms with Crippen LogP contribution in [-0.2, 0) is 0 Å². The molecule has 0 aliphatic rings. The van der Waals surface area contributed by atoms with Crippen LogP contribution < -0.4 is 10.6 Å². The van der Waals surface area contributed by atoms with Gasteiger partial charge in [0.05, 0.1) is 0 Å². The molecule has 0 unspecified atom stereocenters. The van der Waals surface area contributed by atoms with Crippen LogP contribution in [0.2, 0.25) is 0 Å². The van der Waals surface area contributed by atoms with E-state index in [0.717, 1.165) is 21.4 Å². The molecule has 2 amide bonds. The molecule has 0 aliphatic heterocycles. The monoisotopic (exact) mass is 304 g/mol. The number of halogens is 1. The summed E-state index contributed by atoms with van der Waals surface area (Å²) in [5.41, 5.74) is 2.68. The van der Waals surface area contributed by atoms with E-state index < -0.39 is 0 Å². The van der Waals surface area contributed by atoms with Crippen molar-refractivity contribution in [2.45, 2.75) is 6.92 Å². The summed E-state index contributed by atoms with van der Waals surface area (Å²) in [5.74, 6) is 0. The van der Waals surface area contributed by atoms with Crippen molar-refractivity contribution >= 4 is 33.3 Å². The molecule has 2 rings (SSSR count). The maximum Gasteiger partial charge on any atom is 0.323 e. The number of hydrogen-bond acceptors (Lipinski definition) is 1. The van der Waals surface area contributed by atoms with Crippen molar-refractivity contribution in [1.29, 1.82) is 0 Å². The molecule has 0 radical (unpaired) electrons. The summed E-state index contributed by atoms with van der Waals surface area (Å²) in [5, 5.41) is 5.54. The van der Waals surface area contributed by atoms with Crippen LogP contribution in [-0.4, -0.2) is 6.03 Å². The highest BCUT2D eigenvalue weighted by Gasteiger charge is 2.02. The number of carbonyl (C=O) groups is 1. The van der Waals surface area contributed by atoms with E-state index in [2.05, 4.69) is 26.6 Å². The van der Waals surface area contributed by atoms with Crippen molar-refractivity contribution in [3.63, 3.8) is 0 Å². The first kappa shape index (κ1) is 12.6. The maximum absolute atomic E-state index is 11.7. The van der Waals surface area contributed by atoms with E-state index >= 15 is 0 Å². The van der Waals surface area contributed by atoms with Crippen molar-refractivity contribution in [1.82, 2.24) is 0 Å². The van der Waals surface area contributed by atoms with Gasteiger partial charge in [-0.2, -0.15) is 0 Å². The summed E-state index contributed by atoms with van der Waals surface area (Å²) in [7, 11) is 0.